The SMILES string of the molecule is C=CCOC(=O)C(C)(C)OC(=O)c1cc(NC(=O)/C=C(\O)C(Cl)(Cl)Cl)ccc1Cl. The maximum atomic E-state index is 12.5. The molecule has 0 spiro atoms. The minimum absolute atomic E-state index is 0.0166. The van der Waals surface area contributed by atoms with Gasteiger partial charge in [0.05, 0.1) is 10.6 Å². The maximum Gasteiger partial charge on any atom is 0.350 e. The van der Waals surface area contributed by atoms with Gasteiger partial charge in [0.25, 0.3) is 5.91 Å². The highest BCUT2D eigenvalue weighted by molar-refractivity contribution is 6.69. The van der Waals surface area contributed by atoms with Crippen LogP contribution in [-0.2, 0) is 19.1 Å². The van der Waals surface area contributed by atoms with Crippen LogP contribution in [0.2, 0.25) is 5.02 Å². The van der Waals surface area contributed by atoms with Crippen LogP contribution in [0.4, 0.5) is 5.69 Å². The van der Waals surface area contributed by atoms with Gasteiger partial charge in [-0.1, -0.05) is 59.1 Å². The zero-order valence-corrected chi connectivity index (χ0v) is 18.3. The van der Waals surface area contributed by atoms with Gasteiger partial charge >= 0.3 is 11.9 Å². The first kappa shape index (κ1) is 25.1. The second kappa shape index (κ2) is 10.2. The first-order chi connectivity index (χ1) is 13.3. The van der Waals surface area contributed by atoms with Crippen molar-refractivity contribution in [3.8, 4) is 0 Å². The quantitative estimate of drug-likeness (QED) is 0.190. The second-order valence-corrected chi connectivity index (χ2v) is 8.69. The molecule has 2 N–H and O–H groups in total. The highest BCUT2D eigenvalue weighted by Crippen LogP contribution is 2.32. The zero-order valence-electron chi connectivity index (χ0n) is 15.3. The molecule has 0 unspecified atom stereocenters. The van der Waals surface area contributed by atoms with Crippen molar-refractivity contribution in [3.05, 3.63) is 53.3 Å². The van der Waals surface area contributed by atoms with E-state index in [2.05, 4.69) is 11.9 Å². The molecule has 0 aliphatic carbocycles. The van der Waals surface area contributed by atoms with Crippen LogP contribution in [0.25, 0.3) is 0 Å². The highest BCUT2D eigenvalue weighted by atomic mass is 35.6. The molecule has 0 fully saturated rings. The summed E-state index contributed by atoms with van der Waals surface area (Å²) in [5.74, 6) is -3.33. The first-order valence-electron chi connectivity index (χ1n) is 7.87. The zero-order chi connectivity index (χ0) is 22.4. The van der Waals surface area contributed by atoms with Gasteiger partial charge in [-0.3, -0.25) is 4.79 Å². The molecule has 0 heterocycles. The summed E-state index contributed by atoms with van der Waals surface area (Å²) in [6.45, 7) is 6.07. The Balaban J connectivity index is 2.99. The Labute approximate surface area is 187 Å². The molecule has 0 saturated carbocycles. The van der Waals surface area contributed by atoms with Gasteiger partial charge in [-0.05, 0) is 32.0 Å². The van der Waals surface area contributed by atoms with Gasteiger partial charge in [-0.15, -0.1) is 0 Å². The lowest BCUT2D eigenvalue weighted by atomic mass is 10.1. The molecule has 0 saturated heterocycles. The van der Waals surface area contributed by atoms with Crippen molar-refractivity contribution in [3.63, 3.8) is 0 Å². The number of hydrogen-bond acceptors (Lipinski definition) is 6. The number of ether oxygens (including phenoxy) is 2. The number of halogens is 4. The van der Waals surface area contributed by atoms with Crippen LogP contribution in [0.1, 0.15) is 24.2 Å². The van der Waals surface area contributed by atoms with Crippen molar-refractivity contribution in [2.75, 3.05) is 11.9 Å². The van der Waals surface area contributed by atoms with E-state index in [-0.39, 0.29) is 22.9 Å². The highest BCUT2D eigenvalue weighted by Gasteiger charge is 2.34. The Morgan fingerprint density at radius 3 is 2.41 bits per heavy atom. The fraction of sp³-hybridized carbons (Fsp3) is 0.278. The number of hydrogen-bond donors (Lipinski definition) is 2. The first-order valence-corrected chi connectivity index (χ1v) is 9.39. The molecule has 7 nitrogen and oxygen atoms in total. The molecule has 1 amide bonds. The van der Waals surface area contributed by atoms with E-state index in [1.165, 1.54) is 38.1 Å². The van der Waals surface area contributed by atoms with Crippen molar-refractivity contribution in [2.24, 2.45) is 0 Å². The number of carbonyl (C=O) groups is 3. The smallest absolute Gasteiger partial charge is 0.350 e. The van der Waals surface area contributed by atoms with Gasteiger partial charge in [0.15, 0.2) is 0 Å². The third-order valence-electron chi connectivity index (χ3n) is 3.18. The third-order valence-corrected chi connectivity index (χ3v) is 4.09. The molecular weight excluding hydrogens is 468 g/mol. The summed E-state index contributed by atoms with van der Waals surface area (Å²) in [6.07, 6.45) is 2.03. The molecular formula is C18H17Cl4NO6. The summed E-state index contributed by atoms with van der Waals surface area (Å²) >= 11 is 22.4. The van der Waals surface area contributed by atoms with Crippen LogP contribution in [0.3, 0.4) is 0 Å². The Kier molecular flexibility index (Phi) is 8.84. The third kappa shape index (κ3) is 7.78. The second-order valence-electron chi connectivity index (χ2n) is 6.00. The average molecular weight is 485 g/mol. The van der Waals surface area contributed by atoms with E-state index in [1.807, 2.05) is 0 Å². The number of benzene rings is 1. The Morgan fingerprint density at radius 2 is 1.86 bits per heavy atom. The minimum atomic E-state index is -2.17. The molecule has 1 aromatic carbocycles. The number of amides is 1. The van der Waals surface area contributed by atoms with Crippen LogP contribution >= 0.6 is 46.4 Å². The molecule has 0 aromatic heterocycles. The molecule has 1 aromatic rings. The Hall–Kier alpha value is -1.93. The summed E-state index contributed by atoms with van der Waals surface area (Å²) in [4.78, 5) is 36.3. The lowest BCUT2D eigenvalue weighted by molar-refractivity contribution is -0.161. The summed E-state index contributed by atoms with van der Waals surface area (Å²) in [5, 5.41) is 11.9. The van der Waals surface area contributed by atoms with Crippen LogP contribution in [-0.4, -0.2) is 39.0 Å². The maximum absolute atomic E-state index is 12.5. The summed E-state index contributed by atoms with van der Waals surface area (Å²) < 4.78 is 7.89. The lowest BCUT2D eigenvalue weighted by Crippen LogP contribution is -2.39. The van der Waals surface area contributed by atoms with Gasteiger partial charge in [0.2, 0.25) is 9.39 Å². The van der Waals surface area contributed by atoms with Crippen molar-refractivity contribution in [2.45, 2.75) is 23.2 Å². The van der Waals surface area contributed by atoms with Gasteiger partial charge in [-0.25, -0.2) is 9.59 Å². The van der Waals surface area contributed by atoms with Crippen molar-refractivity contribution in [1.29, 1.82) is 0 Å². The average Bonchev–Trinajstić information content (AvgIpc) is 2.59. The van der Waals surface area contributed by atoms with Gasteiger partial charge in [0.1, 0.15) is 12.4 Å². The summed E-state index contributed by atoms with van der Waals surface area (Å²) in [7, 11) is 0. The standard InChI is InChI=1S/C18H17Cl4NO6/c1-4-7-28-16(27)17(2,3)29-15(26)11-8-10(5-6-12(11)19)23-14(25)9-13(24)18(20,21)22/h4-6,8-9,24H,1,7H2,2-3H3,(H,23,25)/b13-9-. The number of nitrogens with one attached hydrogen (secondary N) is 1. The van der Waals surface area contributed by atoms with E-state index in [9.17, 15) is 19.5 Å². The molecule has 11 heteroatoms. The number of rotatable bonds is 7. The Morgan fingerprint density at radius 1 is 1.24 bits per heavy atom. The molecule has 0 aliphatic rings. The number of esters is 2. The molecule has 1 rings (SSSR count). The van der Waals surface area contributed by atoms with Crippen LogP contribution in [0, 0.1) is 0 Å². The minimum Gasteiger partial charge on any atom is -0.508 e. The van der Waals surface area contributed by atoms with Crippen molar-refractivity contribution >= 4 is 69.9 Å². The molecule has 0 atom stereocenters. The molecule has 0 bridgehead atoms. The summed E-state index contributed by atoms with van der Waals surface area (Å²) in [6, 6.07) is 3.93. The number of carbonyl (C=O) groups excluding carboxylic acids is 3. The fourth-order valence-corrected chi connectivity index (χ4v) is 2.14. The van der Waals surface area contributed by atoms with Gasteiger partial charge in [-0.2, -0.15) is 0 Å². The normalized spacial score (nSPS) is 12.1. The van der Waals surface area contributed by atoms with Gasteiger partial charge < -0.3 is 19.9 Å². The topological polar surface area (TPSA) is 102 Å². The van der Waals surface area contributed by atoms with E-state index in [4.69, 9.17) is 55.9 Å². The van der Waals surface area contributed by atoms with E-state index >= 15 is 0 Å². The number of aliphatic hydroxyl groups is 1. The predicted octanol–water partition coefficient (Wildman–Crippen LogP) is 4.76. The largest absolute Gasteiger partial charge is 0.508 e. The number of anilines is 1. The monoisotopic (exact) mass is 483 g/mol. The lowest BCUT2D eigenvalue weighted by Gasteiger charge is -2.23. The van der Waals surface area contributed by atoms with Crippen LogP contribution in [0.15, 0.2) is 42.7 Å². The number of allylic oxidation sites excluding steroid dienone is 1. The Bertz CT molecular complexity index is 845. The fourth-order valence-electron chi connectivity index (χ4n) is 1.78. The van der Waals surface area contributed by atoms with Crippen molar-refractivity contribution < 1.29 is 29.0 Å². The molecule has 158 valence electrons. The van der Waals surface area contributed by atoms with Crippen LogP contribution in [0.5, 0.6) is 0 Å². The molecule has 29 heavy (non-hydrogen) atoms. The van der Waals surface area contributed by atoms with Crippen LogP contribution < -0.4 is 5.32 Å². The van der Waals surface area contributed by atoms with E-state index < -0.39 is 33.0 Å². The molecule has 0 radical (unpaired) electrons. The van der Waals surface area contributed by atoms with Crippen molar-refractivity contribution in [1.82, 2.24) is 0 Å². The van der Waals surface area contributed by atoms with E-state index in [0.29, 0.717) is 6.08 Å². The number of aliphatic hydroxyl groups excluding tert-OH is 1. The van der Waals surface area contributed by atoms with E-state index in [1.54, 1.807) is 0 Å². The van der Waals surface area contributed by atoms with E-state index in [0.717, 1.165) is 0 Å². The predicted molar refractivity (Wildman–Crippen MR) is 112 cm³/mol. The van der Waals surface area contributed by atoms with Gasteiger partial charge in [0, 0.05) is 11.8 Å². The molecule has 0 aliphatic heterocycles. The number of alkyl halides is 3. The summed E-state index contributed by atoms with van der Waals surface area (Å²) in [5.41, 5.74) is -1.59.